The lowest BCUT2D eigenvalue weighted by molar-refractivity contribution is -0.124. The van der Waals surface area contributed by atoms with Gasteiger partial charge in [-0.05, 0) is 12.1 Å². The summed E-state index contributed by atoms with van der Waals surface area (Å²) in [5, 5.41) is 3.95. The molecule has 2 amide bonds. The van der Waals surface area contributed by atoms with Crippen LogP contribution in [0.4, 0.5) is 5.69 Å². The maximum absolute atomic E-state index is 11.7. The zero-order chi connectivity index (χ0) is 17.3. The molecule has 7 nitrogen and oxygen atoms in total. The molecule has 1 saturated heterocycles. The highest BCUT2D eigenvalue weighted by atomic mass is 16.2. The predicted molar refractivity (Wildman–Crippen MR) is 93.3 cm³/mol. The third kappa shape index (κ3) is 3.24. The first-order chi connectivity index (χ1) is 11.4. The Morgan fingerprint density at radius 3 is 2.88 bits per heavy atom. The highest BCUT2D eigenvalue weighted by Gasteiger charge is 2.29. The maximum Gasteiger partial charge on any atom is 0.241 e. The van der Waals surface area contributed by atoms with E-state index in [0.717, 1.165) is 35.4 Å². The Kier molecular flexibility index (Phi) is 4.24. The zero-order valence-corrected chi connectivity index (χ0v) is 13.7. The van der Waals surface area contributed by atoms with Gasteiger partial charge in [-0.3, -0.25) is 9.59 Å². The predicted octanol–water partition coefficient (Wildman–Crippen LogP) is 1.02. The summed E-state index contributed by atoms with van der Waals surface area (Å²) in [6.45, 7) is 5.30. The average Bonchev–Trinajstić information content (AvgIpc) is 2.90. The molecule has 2 aromatic heterocycles. The Labute approximate surface area is 139 Å². The van der Waals surface area contributed by atoms with Crippen LogP contribution in [-0.4, -0.2) is 40.9 Å². The van der Waals surface area contributed by atoms with Crippen molar-refractivity contribution >= 4 is 34.6 Å². The van der Waals surface area contributed by atoms with Crippen LogP contribution in [0.15, 0.2) is 24.5 Å². The monoisotopic (exact) mass is 327 g/mol. The molecule has 24 heavy (non-hydrogen) atoms. The molecule has 4 N–H and O–H groups in total. The molecule has 0 atom stereocenters. The molecular weight excluding hydrogens is 306 g/mol. The lowest BCUT2D eigenvalue weighted by Crippen LogP contribution is -2.60. The number of primary amides is 1. The lowest BCUT2D eigenvalue weighted by atomic mass is 10.1. The van der Waals surface area contributed by atoms with E-state index in [-0.39, 0.29) is 17.9 Å². The molecule has 3 heterocycles. The van der Waals surface area contributed by atoms with Crippen molar-refractivity contribution in [2.45, 2.75) is 19.9 Å². The molecule has 1 aliphatic rings. The van der Waals surface area contributed by atoms with Crippen LogP contribution in [0, 0.1) is 5.92 Å². The smallest absolute Gasteiger partial charge is 0.241 e. The number of amides is 2. The van der Waals surface area contributed by atoms with Gasteiger partial charge in [-0.15, -0.1) is 0 Å². The summed E-state index contributed by atoms with van der Waals surface area (Å²) < 4.78 is 0. The third-order valence-corrected chi connectivity index (χ3v) is 4.09. The third-order valence-electron chi connectivity index (χ3n) is 4.09. The molecule has 126 valence electrons. The van der Waals surface area contributed by atoms with E-state index in [1.54, 1.807) is 18.5 Å². The van der Waals surface area contributed by atoms with Crippen LogP contribution in [0.3, 0.4) is 0 Å². The van der Waals surface area contributed by atoms with Crippen molar-refractivity contribution in [3.63, 3.8) is 0 Å². The van der Waals surface area contributed by atoms with E-state index < -0.39 is 5.91 Å². The van der Waals surface area contributed by atoms with Crippen LogP contribution >= 0.6 is 0 Å². The van der Waals surface area contributed by atoms with Gasteiger partial charge in [0.15, 0.2) is 0 Å². The van der Waals surface area contributed by atoms with Gasteiger partial charge < -0.3 is 20.9 Å². The number of hydrogen-bond acceptors (Lipinski definition) is 4. The van der Waals surface area contributed by atoms with Crippen LogP contribution in [0.5, 0.6) is 0 Å². The van der Waals surface area contributed by atoms with Gasteiger partial charge in [-0.25, -0.2) is 4.98 Å². The van der Waals surface area contributed by atoms with Crippen molar-refractivity contribution in [2.75, 3.05) is 18.0 Å². The Hall–Kier alpha value is -2.83. The minimum Gasteiger partial charge on any atom is -0.366 e. The molecule has 3 rings (SSSR count). The van der Waals surface area contributed by atoms with E-state index in [1.807, 2.05) is 19.9 Å². The number of nitrogens with one attached hydrogen (secondary N) is 2. The first kappa shape index (κ1) is 16.0. The van der Waals surface area contributed by atoms with Crippen LogP contribution in [0.1, 0.15) is 19.4 Å². The molecule has 2 aromatic rings. The zero-order valence-electron chi connectivity index (χ0n) is 13.7. The highest BCUT2D eigenvalue weighted by Crippen LogP contribution is 2.26. The van der Waals surface area contributed by atoms with Gasteiger partial charge in [-0.2, -0.15) is 0 Å². The number of nitrogens with zero attached hydrogens (tertiary/aromatic N) is 2. The number of rotatable bonds is 5. The first-order valence-electron chi connectivity index (χ1n) is 7.94. The Morgan fingerprint density at radius 2 is 2.21 bits per heavy atom. The van der Waals surface area contributed by atoms with Crippen LogP contribution < -0.4 is 16.0 Å². The summed E-state index contributed by atoms with van der Waals surface area (Å²) in [5.41, 5.74) is 7.76. The molecule has 0 saturated carbocycles. The van der Waals surface area contributed by atoms with Gasteiger partial charge in [0, 0.05) is 42.2 Å². The van der Waals surface area contributed by atoms with Gasteiger partial charge in [0.05, 0.1) is 17.9 Å². The van der Waals surface area contributed by atoms with Crippen LogP contribution in [0.25, 0.3) is 17.1 Å². The van der Waals surface area contributed by atoms with E-state index >= 15 is 0 Å². The molecule has 0 bridgehead atoms. The summed E-state index contributed by atoms with van der Waals surface area (Å²) in [4.78, 5) is 32.3. The number of hydrogen-bond donors (Lipinski definition) is 3. The fraction of sp³-hybridized carbons (Fsp3) is 0.353. The van der Waals surface area contributed by atoms with Gasteiger partial charge in [0.25, 0.3) is 0 Å². The van der Waals surface area contributed by atoms with Crippen molar-refractivity contribution in [1.29, 1.82) is 0 Å². The van der Waals surface area contributed by atoms with Crippen molar-refractivity contribution in [1.82, 2.24) is 15.3 Å². The number of nitrogens with two attached hydrogens (primary N) is 1. The number of H-pyrrole nitrogens is 1. The van der Waals surface area contributed by atoms with Crippen molar-refractivity contribution in [2.24, 2.45) is 11.7 Å². The summed E-state index contributed by atoms with van der Waals surface area (Å²) in [6.07, 6.45) is 6.61. The maximum atomic E-state index is 11.7. The van der Waals surface area contributed by atoms with E-state index in [4.69, 9.17) is 5.73 Å². The minimum atomic E-state index is -0.486. The van der Waals surface area contributed by atoms with E-state index in [1.165, 1.54) is 6.08 Å². The van der Waals surface area contributed by atoms with Gasteiger partial charge in [0.2, 0.25) is 11.8 Å². The van der Waals surface area contributed by atoms with Crippen molar-refractivity contribution in [3.8, 4) is 0 Å². The fourth-order valence-corrected chi connectivity index (χ4v) is 2.64. The normalized spacial score (nSPS) is 15.2. The molecule has 1 aliphatic heterocycles. The lowest BCUT2D eigenvalue weighted by Gasteiger charge is -2.41. The number of carbonyl (C=O) groups excluding carboxylic acids is 2. The van der Waals surface area contributed by atoms with Gasteiger partial charge >= 0.3 is 0 Å². The van der Waals surface area contributed by atoms with Crippen molar-refractivity contribution in [3.05, 3.63) is 30.1 Å². The average molecular weight is 327 g/mol. The molecule has 1 fully saturated rings. The number of anilines is 1. The first-order valence-corrected chi connectivity index (χ1v) is 7.94. The highest BCUT2D eigenvalue weighted by molar-refractivity contribution is 5.95. The quantitative estimate of drug-likeness (QED) is 0.713. The second-order valence-electron chi connectivity index (χ2n) is 6.33. The Morgan fingerprint density at radius 1 is 1.46 bits per heavy atom. The molecule has 0 aromatic carbocycles. The second-order valence-corrected chi connectivity index (χ2v) is 6.33. The fourth-order valence-electron chi connectivity index (χ4n) is 2.64. The summed E-state index contributed by atoms with van der Waals surface area (Å²) in [6, 6.07) is 2.20. The standard InChI is InChI=1S/C17H21N5O2/c1-10(2)17(24)21-12-8-22(9-12)13-5-14-11(3-4-15(18)23)6-19-16(14)20-7-13/h3-7,10,12H,8-9H2,1-2H3,(H2,18,23)(H,19,20)(H,21,24). The molecule has 0 spiro atoms. The number of aromatic amines is 1. The number of aromatic nitrogens is 2. The summed E-state index contributed by atoms with van der Waals surface area (Å²) in [7, 11) is 0. The van der Waals surface area contributed by atoms with Gasteiger partial charge in [0.1, 0.15) is 5.65 Å². The largest absolute Gasteiger partial charge is 0.366 e. The van der Waals surface area contributed by atoms with Crippen LogP contribution in [-0.2, 0) is 9.59 Å². The number of fused-ring (bicyclic) bond motifs is 1. The number of carbonyl (C=O) groups is 2. The van der Waals surface area contributed by atoms with E-state index in [2.05, 4.69) is 20.2 Å². The molecular formula is C17H21N5O2. The Balaban J connectivity index is 1.72. The SMILES string of the molecule is CC(C)C(=O)NC1CN(c2cnc3[nH]cc(C=CC(N)=O)c3c2)C1. The molecule has 0 unspecified atom stereocenters. The van der Waals surface area contributed by atoms with E-state index in [9.17, 15) is 9.59 Å². The topological polar surface area (TPSA) is 104 Å². The second kappa shape index (κ2) is 6.35. The van der Waals surface area contributed by atoms with E-state index in [0.29, 0.717) is 0 Å². The molecule has 0 aliphatic carbocycles. The van der Waals surface area contributed by atoms with Crippen LogP contribution in [0.2, 0.25) is 0 Å². The number of pyridine rings is 1. The summed E-state index contributed by atoms with van der Waals surface area (Å²) >= 11 is 0. The summed E-state index contributed by atoms with van der Waals surface area (Å²) in [5.74, 6) is -0.408. The minimum absolute atomic E-state index is 0.00322. The Bertz CT molecular complexity index is 802. The van der Waals surface area contributed by atoms with Gasteiger partial charge in [-0.1, -0.05) is 13.8 Å². The molecule has 0 radical (unpaired) electrons. The van der Waals surface area contributed by atoms with Crippen molar-refractivity contribution < 1.29 is 9.59 Å². The molecule has 7 heteroatoms.